The van der Waals surface area contributed by atoms with Gasteiger partial charge in [-0.2, -0.15) is 0 Å². The van der Waals surface area contributed by atoms with Gasteiger partial charge in [-0.3, -0.25) is 9.59 Å². The van der Waals surface area contributed by atoms with Crippen LogP contribution < -0.4 is 4.74 Å². The van der Waals surface area contributed by atoms with Crippen molar-refractivity contribution in [2.24, 2.45) is 0 Å². The summed E-state index contributed by atoms with van der Waals surface area (Å²) in [6, 6.07) is 6.93. The van der Waals surface area contributed by atoms with Crippen LogP contribution >= 0.6 is 0 Å². The van der Waals surface area contributed by atoms with Crippen molar-refractivity contribution >= 4 is 12.3 Å². The Bertz CT molecular complexity index is 604. The van der Waals surface area contributed by atoms with Crippen LogP contribution in [0.15, 0.2) is 24.3 Å². The van der Waals surface area contributed by atoms with Crippen LogP contribution in [-0.4, -0.2) is 65.1 Å². The van der Waals surface area contributed by atoms with Crippen LogP contribution in [0.4, 0.5) is 0 Å². The monoisotopic (exact) mass is 480 g/mol. The minimum absolute atomic E-state index is 0.137. The maximum absolute atomic E-state index is 11.7. The summed E-state index contributed by atoms with van der Waals surface area (Å²) in [7, 11) is 0. The number of esters is 1. The van der Waals surface area contributed by atoms with Crippen LogP contribution in [0.1, 0.15) is 81.5 Å². The van der Waals surface area contributed by atoms with E-state index in [4.69, 9.17) is 23.7 Å². The standard InChI is InChI=1S/C27H44O7/c1-2-3-4-5-6-7-8-9-10-11-27(29)34-23-21-32-19-17-30-16-18-31-20-22-33-26-14-12-25(24-28)13-15-26/h12-15,24H,2-11,16-23H2,1H3. The first-order chi connectivity index (χ1) is 16.8. The van der Waals surface area contributed by atoms with Crippen LogP contribution in [0.5, 0.6) is 5.75 Å². The maximum Gasteiger partial charge on any atom is 0.305 e. The number of benzene rings is 1. The molecule has 0 amide bonds. The van der Waals surface area contributed by atoms with Crippen molar-refractivity contribution in [1.82, 2.24) is 0 Å². The molecule has 0 unspecified atom stereocenters. The molecule has 7 nitrogen and oxygen atoms in total. The van der Waals surface area contributed by atoms with E-state index >= 15 is 0 Å². The maximum atomic E-state index is 11.7. The predicted octanol–water partition coefficient (Wildman–Crippen LogP) is 5.39. The molecule has 0 aromatic heterocycles. The van der Waals surface area contributed by atoms with Gasteiger partial charge in [0.1, 0.15) is 25.2 Å². The van der Waals surface area contributed by atoms with Gasteiger partial charge in [0.25, 0.3) is 0 Å². The third kappa shape index (κ3) is 18.5. The highest BCUT2D eigenvalue weighted by Crippen LogP contribution is 2.11. The Balaban J connectivity index is 1.76. The van der Waals surface area contributed by atoms with E-state index in [2.05, 4.69) is 6.92 Å². The topological polar surface area (TPSA) is 80.3 Å². The average Bonchev–Trinajstić information content (AvgIpc) is 2.86. The van der Waals surface area contributed by atoms with E-state index in [0.29, 0.717) is 64.0 Å². The van der Waals surface area contributed by atoms with Crippen LogP contribution in [0.3, 0.4) is 0 Å². The largest absolute Gasteiger partial charge is 0.491 e. The number of hydrogen-bond donors (Lipinski definition) is 0. The number of ether oxygens (including phenoxy) is 5. The number of hydrogen-bond acceptors (Lipinski definition) is 7. The molecule has 0 atom stereocenters. The molecule has 0 spiro atoms. The lowest BCUT2D eigenvalue weighted by Crippen LogP contribution is -2.14. The fraction of sp³-hybridized carbons (Fsp3) is 0.704. The molecule has 0 aliphatic carbocycles. The highest BCUT2D eigenvalue weighted by atomic mass is 16.6. The van der Waals surface area contributed by atoms with E-state index < -0.39 is 0 Å². The van der Waals surface area contributed by atoms with Crippen molar-refractivity contribution in [1.29, 1.82) is 0 Å². The van der Waals surface area contributed by atoms with Crippen LogP contribution in [0.25, 0.3) is 0 Å². The zero-order chi connectivity index (χ0) is 24.5. The Morgan fingerprint density at radius 3 is 1.74 bits per heavy atom. The predicted molar refractivity (Wildman–Crippen MR) is 133 cm³/mol. The van der Waals surface area contributed by atoms with Crippen molar-refractivity contribution in [2.45, 2.75) is 71.1 Å². The molecule has 1 aromatic rings. The highest BCUT2D eigenvalue weighted by Gasteiger charge is 2.02. The van der Waals surface area contributed by atoms with E-state index in [1.54, 1.807) is 24.3 Å². The van der Waals surface area contributed by atoms with Crippen LogP contribution in [-0.2, 0) is 23.7 Å². The molecule has 0 radical (unpaired) electrons. The van der Waals surface area contributed by atoms with E-state index in [1.807, 2.05) is 0 Å². The lowest BCUT2D eigenvalue weighted by atomic mass is 10.1. The third-order valence-electron chi connectivity index (χ3n) is 5.23. The van der Waals surface area contributed by atoms with Crippen LogP contribution in [0.2, 0.25) is 0 Å². The molecular weight excluding hydrogens is 436 g/mol. The molecule has 0 heterocycles. The zero-order valence-corrected chi connectivity index (χ0v) is 21.0. The van der Waals surface area contributed by atoms with Gasteiger partial charge in [0.05, 0.1) is 39.6 Å². The highest BCUT2D eigenvalue weighted by molar-refractivity contribution is 5.74. The van der Waals surface area contributed by atoms with Crippen molar-refractivity contribution in [3.8, 4) is 5.75 Å². The molecule has 1 rings (SSSR count). The smallest absolute Gasteiger partial charge is 0.305 e. The van der Waals surface area contributed by atoms with E-state index in [1.165, 1.54) is 44.9 Å². The van der Waals surface area contributed by atoms with Gasteiger partial charge in [-0.05, 0) is 30.7 Å². The molecule has 1 aromatic carbocycles. The van der Waals surface area contributed by atoms with Crippen molar-refractivity contribution in [3.63, 3.8) is 0 Å². The summed E-state index contributed by atoms with van der Waals surface area (Å²) >= 11 is 0. The Labute approximate surface area is 205 Å². The second kappa shape index (κ2) is 22.8. The average molecular weight is 481 g/mol. The molecule has 0 bridgehead atoms. The van der Waals surface area contributed by atoms with Gasteiger partial charge in [-0.15, -0.1) is 0 Å². The molecule has 34 heavy (non-hydrogen) atoms. The Kier molecular flexibility index (Phi) is 20.2. The zero-order valence-electron chi connectivity index (χ0n) is 21.0. The second-order valence-electron chi connectivity index (χ2n) is 8.17. The fourth-order valence-electron chi connectivity index (χ4n) is 3.27. The summed E-state index contributed by atoms with van der Waals surface area (Å²) in [5.74, 6) is 0.568. The van der Waals surface area contributed by atoms with Gasteiger partial charge in [-0.25, -0.2) is 0 Å². The third-order valence-corrected chi connectivity index (χ3v) is 5.23. The molecule has 0 aliphatic heterocycles. The molecule has 7 heteroatoms. The minimum Gasteiger partial charge on any atom is -0.491 e. The molecule has 0 saturated carbocycles. The minimum atomic E-state index is -0.137. The molecule has 194 valence electrons. The second-order valence-corrected chi connectivity index (χ2v) is 8.17. The number of rotatable bonds is 24. The van der Waals surface area contributed by atoms with Crippen molar-refractivity contribution in [2.75, 3.05) is 52.9 Å². The Hall–Kier alpha value is -1.96. The summed E-state index contributed by atoms with van der Waals surface area (Å²) in [5.41, 5.74) is 0.620. The number of carbonyl (C=O) groups is 2. The summed E-state index contributed by atoms with van der Waals surface area (Å²) in [6.45, 7) is 5.67. The molecule has 0 N–H and O–H groups in total. The first kappa shape index (κ1) is 30.1. The Morgan fingerprint density at radius 2 is 1.18 bits per heavy atom. The van der Waals surface area contributed by atoms with E-state index in [-0.39, 0.29) is 12.6 Å². The molecular formula is C27H44O7. The van der Waals surface area contributed by atoms with Gasteiger partial charge < -0.3 is 23.7 Å². The lowest BCUT2D eigenvalue weighted by molar-refractivity contribution is -0.145. The normalized spacial score (nSPS) is 10.9. The number of unbranched alkanes of at least 4 members (excludes halogenated alkanes) is 8. The number of carbonyl (C=O) groups excluding carboxylic acids is 2. The van der Waals surface area contributed by atoms with Gasteiger partial charge in [-0.1, -0.05) is 58.3 Å². The van der Waals surface area contributed by atoms with E-state index in [9.17, 15) is 9.59 Å². The Morgan fingerprint density at radius 1 is 0.676 bits per heavy atom. The summed E-state index contributed by atoms with van der Waals surface area (Å²) in [5, 5.41) is 0. The molecule has 0 aliphatic rings. The van der Waals surface area contributed by atoms with E-state index in [0.717, 1.165) is 19.1 Å². The lowest BCUT2D eigenvalue weighted by Gasteiger charge is -2.08. The van der Waals surface area contributed by atoms with Crippen LogP contribution in [0, 0.1) is 0 Å². The first-order valence-electron chi connectivity index (χ1n) is 12.8. The van der Waals surface area contributed by atoms with Gasteiger partial charge in [0, 0.05) is 12.0 Å². The quantitative estimate of drug-likeness (QED) is 0.111. The molecule has 0 fully saturated rings. The first-order valence-corrected chi connectivity index (χ1v) is 12.8. The summed E-state index contributed by atoms with van der Waals surface area (Å²) < 4.78 is 27.0. The molecule has 0 saturated heterocycles. The van der Waals surface area contributed by atoms with Gasteiger partial charge >= 0.3 is 5.97 Å². The van der Waals surface area contributed by atoms with Crippen molar-refractivity contribution < 1.29 is 33.3 Å². The van der Waals surface area contributed by atoms with Gasteiger partial charge in [0.2, 0.25) is 0 Å². The fourth-order valence-corrected chi connectivity index (χ4v) is 3.27. The van der Waals surface area contributed by atoms with Gasteiger partial charge in [0.15, 0.2) is 0 Å². The summed E-state index contributed by atoms with van der Waals surface area (Å²) in [4.78, 5) is 22.3. The summed E-state index contributed by atoms with van der Waals surface area (Å²) in [6.07, 6.45) is 12.4. The van der Waals surface area contributed by atoms with Crippen molar-refractivity contribution in [3.05, 3.63) is 29.8 Å². The number of aldehydes is 1. The SMILES string of the molecule is CCCCCCCCCCCC(=O)OCCOCCOCCOCCOc1ccc(C=O)cc1.